The van der Waals surface area contributed by atoms with Crippen LogP contribution in [-0.2, 0) is 19.6 Å². The van der Waals surface area contributed by atoms with Crippen LogP contribution in [0.2, 0.25) is 5.02 Å². The Morgan fingerprint density at radius 2 is 1.50 bits per heavy atom. The molecule has 0 fully saturated rings. The van der Waals surface area contributed by atoms with Gasteiger partial charge in [0.05, 0.1) is 11.4 Å². The molecule has 4 rings (SSSR count). The van der Waals surface area contributed by atoms with E-state index in [-0.39, 0.29) is 12.1 Å². The van der Waals surface area contributed by atoms with Gasteiger partial charge in [0, 0.05) is 41.3 Å². The van der Waals surface area contributed by atoms with E-state index < -0.39 is 17.5 Å². The Hall–Kier alpha value is -3.09. The Bertz CT molecular complexity index is 1340. The minimum Gasteiger partial charge on any atom is -0.326 e. The second-order valence-electron chi connectivity index (χ2n) is 9.51. The highest BCUT2D eigenvalue weighted by Crippen LogP contribution is 2.32. The maximum Gasteiger partial charge on any atom is 0.194 e. The van der Waals surface area contributed by atoms with Gasteiger partial charge in [-0.1, -0.05) is 86.8 Å². The maximum absolute atomic E-state index is 14.7. The fourth-order valence-corrected chi connectivity index (χ4v) is 4.71. The van der Waals surface area contributed by atoms with Crippen molar-refractivity contribution in [2.75, 3.05) is 6.54 Å². The van der Waals surface area contributed by atoms with E-state index in [2.05, 4.69) is 23.3 Å². The SMILES string of the molecule is CCCCN(Cc1ccc(F)c(F)c1F)Cc1c(-c2ccc(Cl)cc2)nc(-c2ccccc2)n1CCCC. The van der Waals surface area contributed by atoms with Gasteiger partial charge in [0.25, 0.3) is 0 Å². The van der Waals surface area contributed by atoms with Gasteiger partial charge >= 0.3 is 0 Å². The van der Waals surface area contributed by atoms with Crippen molar-refractivity contribution in [3.05, 3.63) is 100 Å². The first-order valence-corrected chi connectivity index (χ1v) is 13.6. The Labute approximate surface area is 227 Å². The molecule has 0 aliphatic carbocycles. The third-order valence-corrected chi connectivity index (χ3v) is 6.92. The number of benzene rings is 3. The monoisotopic (exact) mass is 539 g/mol. The van der Waals surface area contributed by atoms with Crippen molar-refractivity contribution in [3.63, 3.8) is 0 Å². The Morgan fingerprint density at radius 1 is 0.789 bits per heavy atom. The summed E-state index contributed by atoms with van der Waals surface area (Å²) < 4.78 is 44.6. The molecule has 0 amide bonds. The predicted molar refractivity (Wildman–Crippen MR) is 148 cm³/mol. The quantitative estimate of drug-likeness (QED) is 0.168. The predicted octanol–water partition coefficient (Wildman–Crippen LogP) is 8.89. The van der Waals surface area contributed by atoms with Gasteiger partial charge in [0.15, 0.2) is 17.5 Å². The average Bonchev–Trinajstić information content (AvgIpc) is 3.29. The summed E-state index contributed by atoms with van der Waals surface area (Å²) in [6, 6.07) is 20.0. The van der Waals surface area contributed by atoms with Gasteiger partial charge in [-0.3, -0.25) is 4.90 Å². The zero-order chi connectivity index (χ0) is 27.1. The Balaban J connectivity index is 1.82. The van der Waals surface area contributed by atoms with Crippen molar-refractivity contribution in [2.45, 2.75) is 59.2 Å². The van der Waals surface area contributed by atoms with E-state index in [4.69, 9.17) is 16.6 Å². The van der Waals surface area contributed by atoms with Crippen LogP contribution in [0, 0.1) is 17.5 Å². The molecule has 3 aromatic carbocycles. The van der Waals surface area contributed by atoms with Gasteiger partial charge in [-0.05, 0) is 37.6 Å². The number of imidazole rings is 1. The summed E-state index contributed by atoms with van der Waals surface area (Å²) in [6.07, 6.45) is 3.82. The number of aromatic nitrogens is 2. The molecule has 38 heavy (non-hydrogen) atoms. The second-order valence-corrected chi connectivity index (χ2v) is 9.94. The fraction of sp³-hybridized carbons (Fsp3) is 0.323. The van der Waals surface area contributed by atoms with Crippen LogP contribution in [0.1, 0.15) is 50.8 Å². The molecular weight excluding hydrogens is 507 g/mol. The first-order valence-electron chi connectivity index (χ1n) is 13.2. The molecule has 3 nitrogen and oxygen atoms in total. The number of nitrogens with zero attached hydrogens (tertiary/aromatic N) is 3. The van der Waals surface area contributed by atoms with Crippen molar-refractivity contribution in [1.29, 1.82) is 0 Å². The van der Waals surface area contributed by atoms with Crippen LogP contribution >= 0.6 is 11.6 Å². The lowest BCUT2D eigenvalue weighted by molar-refractivity contribution is 0.241. The summed E-state index contributed by atoms with van der Waals surface area (Å²) in [6.45, 7) is 6.32. The third kappa shape index (κ3) is 6.48. The van der Waals surface area contributed by atoms with Crippen LogP contribution < -0.4 is 0 Å². The summed E-state index contributed by atoms with van der Waals surface area (Å²) in [5.41, 5.74) is 3.92. The van der Waals surface area contributed by atoms with E-state index in [9.17, 15) is 13.2 Å². The van der Waals surface area contributed by atoms with E-state index >= 15 is 0 Å². The number of unbranched alkanes of at least 4 members (excludes halogenated alkanes) is 2. The molecule has 0 saturated heterocycles. The molecule has 0 N–H and O–H groups in total. The standard InChI is InChI=1S/C31H33ClF3N3/c1-3-5-18-37(20-24-14-17-26(33)29(35)28(24)34)21-27-30(22-12-15-25(32)16-13-22)36-31(38(27)19-6-4-2)23-10-8-7-9-11-23/h7-17H,3-6,18-21H2,1-2H3. The van der Waals surface area contributed by atoms with Gasteiger partial charge in [-0.15, -0.1) is 0 Å². The minimum atomic E-state index is -1.43. The van der Waals surface area contributed by atoms with Crippen molar-refractivity contribution in [1.82, 2.24) is 14.5 Å². The van der Waals surface area contributed by atoms with Gasteiger partial charge in [-0.2, -0.15) is 0 Å². The highest BCUT2D eigenvalue weighted by molar-refractivity contribution is 6.30. The van der Waals surface area contributed by atoms with Crippen LogP contribution in [0.5, 0.6) is 0 Å². The molecule has 0 aliphatic rings. The van der Waals surface area contributed by atoms with Gasteiger partial charge in [0.2, 0.25) is 0 Å². The molecule has 0 atom stereocenters. The van der Waals surface area contributed by atoms with Crippen LogP contribution in [-0.4, -0.2) is 21.0 Å². The lowest BCUT2D eigenvalue weighted by Gasteiger charge is -2.24. The van der Waals surface area contributed by atoms with Crippen molar-refractivity contribution in [2.24, 2.45) is 0 Å². The van der Waals surface area contributed by atoms with E-state index in [1.165, 1.54) is 6.07 Å². The molecule has 1 aromatic heterocycles. The van der Waals surface area contributed by atoms with Crippen molar-refractivity contribution < 1.29 is 13.2 Å². The molecule has 200 valence electrons. The summed E-state index contributed by atoms with van der Waals surface area (Å²) in [7, 11) is 0. The molecule has 0 bridgehead atoms. The normalized spacial score (nSPS) is 11.4. The molecule has 7 heteroatoms. The van der Waals surface area contributed by atoms with Crippen LogP contribution in [0.3, 0.4) is 0 Å². The molecule has 0 saturated carbocycles. The smallest absolute Gasteiger partial charge is 0.194 e. The van der Waals surface area contributed by atoms with Crippen molar-refractivity contribution in [3.8, 4) is 22.6 Å². The summed E-state index contributed by atoms with van der Waals surface area (Å²) >= 11 is 6.18. The summed E-state index contributed by atoms with van der Waals surface area (Å²) in [5, 5.41) is 0.641. The first kappa shape index (κ1) is 27.9. The third-order valence-electron chi connectivity index (χ3n) is 6.67. The molecule has 4 aromatic rings. The molecule has 0 unspecified atom stereocenters. The van der Waals surface area contributed by atoms with Gasteiger partial charge < -0.3 is 4.57 Å². The number of hydrogen-bond donors (Lipinski definition) is 0. The Morgan fingerprint density at radius 3 is 2.18 bits per heavy atom. The number of rotatable bonds is 12. The van der Waals surface area contributed by atoms with E-state index in [1.54, 1.807) is 0 Å². The average molecular weight is 540 g/mol. The molecule has 0 aliphatic heterocycles. The molecule has 0 radical (unpaired) electrons. The zero-order valence-electron chi connectivity index (χ0n) is 21.9. The van der Waals surface area contributed by atoms with Crippen LogP contribution in [0.4, 0.5) is 13.2 Å². The van der Waals surface area contributed by atoms with Crippen LogP contribution in [0.15, 0.2) is 66.7 Å². The Kier molecular flexibility index (Phi) is 9.64. The number of halogens is 4. The highest BCUT2D eigenvalue weighted by Gasteiger charge is 2.23. The van der Waals surface area contributed by atoms with E-state index in [0.29, 0.717) is 18.1 Å². The first-order chi connectivity index (χ1) is 18.4. The van der Waals surface area contributed by atoms with Crippen LogP contribution in [0.25, 0.3) is 22.6 Å². The topological polar surface area (TPSA) is 21.1 Å². The lowest BCUT2D eigenvalue weighted by atomic mass is 10.1. The molecular formula is C31H33ClF3N3. The molecule has 0 spiro atoms. The zero-order valence-corrected chi connectivity index (χ0v) is 22.6. The molecule has 1 heterocycles. The number of hydrogen-bond acceptors (Lipinski definition) is 2. The maximum atomic E-state index is 14.7. The van der Waals surface area contributed by atoms with Crippen molar-refractivity contribution >= 4 is 11.6 Å². The van der Waals surface area contributed by atoms with Gasteiger partial charge in [0.1, 0.15) is 5.82 Å². The summed E-state index contributed by atoms with van der Waals surface area (Å²) in [5.74, 6) is -2.87. The minimum absolute atomic E-state index is 0.135. The van der Waals surface area contributed by atoms with E-state index in [1.807, 2.05) is 54.6 Å². The second kappa shape index (κ2) is 13.1. The van der Waals surface area contributed by atoms with Gasteiger partial charge in [-0.25, -0.2) is 18.2 Å². The van der Waals surface area contributed by atoms with E-state index in [0.717, 1.165) is 66.6 Å². The lowest BCUT2D eigenvalue weighted by Crippen LogP contribution is -2.26. The fourth-order valence-electron chi connectivity index (χ4n) is 4.59. The largest absolute Gasteiger partial charge is 0.326 e. The highest BCUT2D eigenvalue weighted by atomic mass is 35.5. The summed E-state index contributed by atoms with van der Waals surface area (Å²) in [4.78, 5) is 7.22.